The van der Waals surface area contributed by atoms with E-state index in [1.54, 1.807) is 19.2 Å². The van der Waals surface area contributed by atoms with E-state index in [4.69, 9.17) is 10.00 Å². The number of aromatic nitrogens is 2. The average molecular weight is 615 g/mol. The Kier molecular flexibility index (Phi) is 10.1. The van der Waals surface area contributed by atoms with Gasteiger partial charge in [0.25, 0.3) is 0 Å². The third-order valence-electron chi connectivity index (χ3n) is 9.94. The highest BCUT2D eigenvalue weighted by atomic mass is 19.1. The number of hydrogen-bond donors (Lipinski definition) is 1. The second-order valence-electron chi connectivity index (χ2n) is 13.4. The van der Waals surface area contributed by atoms with Crippen LogP contribution in [0, 0.1) is 35.4 Å². The number of benzene rings is 2. The van der Waals surface area contributed by atoms with Crippen LogP contribution in [0.4, 0.5) is 14.9 Å². The van der Waals surface area contributed by atoms with Gasteiger partial charge in [0.05, 0.1) is 11.6 Å². The fourth-order valence-corrected chi connectivity index (χ4v) is 7.71. The summed E-state index contributed by atoms with van der Waals surface area (Å²) in [6.45, 7) is 12.0. The van der Waals surface area contributed by atoms with Crippen molar-refractivity contribution in [2.45, 2.75) is 70.9 Å². The van der Waals surface area contributed by atoms with E-state index in [0.29, 0.717) is 18.5 Å². The van der Waals surface area contributed by atoms with Crippen molar-refractivity contribution < 1.29 is 13.9 Å². The Morgan fingerprint density at radius 2 is 1.96 bits per heavy atom. The summed E-state index contributed by atoms with van der Waals surface area (Å²) in [6.07, 6.45) is 7.25. The van der Waals surface area contributed by atoms with Crippen molar-refractivity contribution in [2.75, 3.05) is 44.7 Å². The minimum atomic E-state index is -0.458. The summed E-state index contributed by atoms with van der Waals surface area (Å²) in [5.41, 5.74) is 2.55. The van der Waals surface area contributed by atoms with E-state index in [0.717, 1.165) is 69.8 Å². The van der Waals surface area contributed by atoms with E-state index in [-0.39, 0.29) is 23.3 Å². The molecule has 2 saturated heterocycles. The summed E-state index contributed by atoms with van der Waals surface area (Å²) in [7, 11) is 1.59. The number of nitriles is 1. The van der Waals surface area contributed by atoms with Crippen molar-refractivity contribution in [1.29, 1.82) is 5.26 Å². The third-order valence-corrected chi connectivity index (χ3v) is 9.94. The van der Waals surface area contributed by atoms with Crippen molar-refractivity contribution in [3.05, 3.63) is 83.7 Å². The van der Waals surface area contributed by atoms with Gasteiger partial charge in [-0.1, -0.05) is 32.4 Å². The molecule has 3 aromatic rings. The number of halogens is 1. The van der Waals surface area contributed by atoms with Crippen LogP contribution in [0.5, 0.6) is 0 Å². The van der Waals surface area contributed by atoms with Crippen LogP contribution in [0.2, 0.25) is 0 Å². The Labute approximate surface area is 267 Å². The first kappa shape index (κ1) is 32.5. The summed E-state index contributed by atoms with van der Waals surface area (Å²) in [4.78, 5) is 21.9. The number of ether oxygens (including phenoxy) is 1. The zero-order valence-corrected chi connectivity index (χ0v) is 27.1. The van der Waals surface area contributed by atoms with Crippen molar-refractivity contribution in [3.63, 3.8) is 0 Å². The molecule has 2 unspecified atom stereocenters. The van der Waals surface area contributed by atoms with E-state index in [9.17, 15) is 9.18 Å². The molecule has 3 heterocycles. The Bertz CT molecular complexity index is 1470. The molecule has 2 aromatic carbocycles. The highest BCUT2D eigenvalue weighted by Crippen LogP contribution is 2.46. The molecule has 9 heteroatoms. The van der Waals surface area contributed by atoms with E-state index in [1.807, 2.05) is 43.6 Å². The lowest BCUT2D eigenvalue weighted by Gasteiger charge is -2.53. The van der Waals surface area contributed by atoms with Crippen LogP contribution in [0.15, 0.2) is 60.9 Å². The highest BCUT2D eigenvalue weighted by molar-refractivity contribution is 5.66. The van der Waals surface area contributed by atoms with Gasteiger partial charge >= 0.3 is 6.09 Å². The third kappa shape index (κ3) is 7.50. The van der Waals surface area contributed by atoms with Gasteiger partial charge in [-0.3, -0.25) is 0 Å². The number of imidazole rings is 1. The molecule has 0 saturated carbocycles. The highest BCUT2D eigenvalue weighted by Gasteiger charge is 2.46. The molecule has 1 amide bonds. The van der Waals surface area contributed by atoms with E-state index in [2.05, 4.69) is 50.7 Å². The van der Waals surface area contributed by atoms with Crippen LogP contribution in [0.3, 0.4) is 0 Å². The number of aryl methyl sites for hydroxylation is 1. The Balaban J connectivity index is 1.36. The lowest BCUT2D eigenvalue weighted by molar-refractivity contribution is 0.0297. The zero-order valence-electron chi connectivity index (χ0n) is 27.1. The second-order valence-corrected chi connectivity index (χ2v) is 13.4. The van der Waals surface area contributed by atoms with Crippen LogP contribution in [-0.4, -0.2) is 66.4 Å². The molecule has 2 aliphatic heterocycles. The first-order valence-electron chi connectivity index (χ1n) is 16.3. The van der Waals surface area contributed by atoms with Crippen LogP contribution in [0.25, 0.3) is 0 Å². The number of anilines is 1. The molecule has 2 aliphatic rings. The van der Waals surface area contributed by atoms with Gasteiger partial charge in [-0.05, 0) is 93.6 Å². The topological polar surface area (TPSA) is 86.4 Å². The molecule has 1 N–H and O–H groups in total. The molecule has 0 radical (unpaired) electrons. The van der Waals surface area contributed by atoms with Gasteiger partial charge in [-0.2, -0.15) is 5.26 Å². The van der Waals surface area contributed by atoms with Crippen LogP contribution >= 0.6 is 0 Å². The maximum absolute atomic E-state index is 14.9. The number of rotatable bonds is 12. The van der Waals surface area contributed by atoms with Crippen LogP contribution in [-0.2, 0) is 16.7 Å². The fourth-order valence-electron chi connectivity index (χ4n) is 7.71. The van der Waals surface area contributed by atoms with Gasteiger partial charge in [0.15, 0.2) is 0 Å². The largest absolute Gasteiger partial charge is 0.446 e. The molecule has 2 atom stereocenters. The SMILES string of the molecule is CCCC(CC(Cn1ccnc1C)(c1cccc(F)c1)C1CCN(CC2(C)CN(c3ccc(C#N)cc3)C2)CC1)OC(=O)NC. The lowest BCUT2D eigenvalue weighted by Crippen LogP contribution is -2.60. The Hall–Kier alpha value is -3.90. The van der Waals surface area contributed by atoms with Gasteiger partial charge < -0.3 is 24.4 Å². The molecule has 5 rings (SSSR count). The summed E-state index contributed by atoms with van der Waals surface area (Å²) < 4.78 is 23.0. The molecule has 0 spiro atoms. The predicted molar refractivity (Wildman–Crippen MR) is 175 cm³/mol. The van der Waals surface area contributed by atoms with Crippen LogP contribution in [0.1, 0.15) is 62.9 Å². The van der Waals surface area contributed by atoms with E-state index < -0.39 is 11.5 Å². The summed E-state index contributed by atoms with van der Waals surface area (Å²) >= 11 is 0. The number of likely N-dealkylation sites (tertiary alicyclic amines) is 1. The number of carbonyl (C=O) groups is 1. The molecule has 0 aliphatic carbocycles. The van der Waals surface area contributed by atoms with Gasteiger partial charge in [0, 0.05) is 62.1 Å². The number of carbonyl (C=O) groups excluding carboxylic acids is 1. The Morgan fingerprint density at radius 3 is 2.56 bits per heavy atom. The molecule has 0 bridgehead atoms. The van der Waals surface area contributed by atoms with E-state index in [1.165, 1.54) is 11.8 Å². The van der Waals surface area contributed by atoms with Crippen molar-refractivity contribution in [3.8, 4) is 6.07 Å². The monoisotopic (exact) mass is 614 g/mol. The second kappa shape index (κ2) is 14.0. The molecular weight excluding hydrogens is 567 g/mol. The quantitative estimate of drug-likeness (QED) is 0.258. The number of nitrogens with zero attached hydrogens (tertiary/aromatic N) is 5. The molecular formula is C36H47FN6O2. The molecule has 45 heavy (non-hydrogen) atoms. The normalized spacial score (nSPS) is 18.8. The number of piperidine rings is 1. The smallest absolute Gasteiger partial charge is 0.407 e. The zero-order chi connectivity index (χ0) is 32.0. The van der Waals surface area contributed by atoms with Crippen molar-refractivity contribution in [2.24, 2.45) is 11.3 Å². The minimum Gasteiger partial charge on any atom is -0.446 e. The number of hydrogen-bond acceptors (Lipinski definition) is 6. The maximum atomic E-state index is 14.9. The fraction of sp³-hybridized carbons (Fsp3) is 0.528. The number of alkyl carbamates (subject to hydrolysis) is 1. The first-order valence-corrected chi connectivity index (χ1v) is 16.3. The van der Waals surface area contributed by atoms with Gasteiger partial charge in [-0.15, -0.1) is 0 Å². The van der Waals surface area contributed by atoms with E-state index >= 15 is 0 Å². The van der Waals surface area contributed by atoms with Crippen molar-refractivity contribution >= 4 is 11.8 Å². The summed E-state index contributed by atoms with van der Waals surface area (Å²) in [5, 5.41) is 11.7. The molecule has 2 fully saturated rings. The summed E-state index contributed by atoms with van der Waals surface area (Å²) in [6, 6.07) is 17.1. The lowest BCUT2D eigenvalue weighted by atomic mass is 9.63. The number of amides is 1. The van der Waals surface area contributed by atoms with Crippen molar-refractivity contribution in [1.82, 2.24) is 19.8 Å². The van der Waals surface area contributed by atoms with Crippen LogP contribution < -0.4 is 10.2 Å². The average Bonchev–Trinajstić information content (AvgIpc) is 3.43. The Morgan fingerprint density at radius 1 is 1.22 bits per heavy atom. The summed E-state index contributed by atoms with van der Waals surface area (Å²) in [5.74, 6) is 0.923. The molecule has 1 aromatic heterocycles. The predicted octanol–water partition coefficient (Wildman–Crippen LogP) is 6.29. The van der Waals surface area contributed by atoms with Gasteiger partial charge in [0.2, 0.25) is 0 Å². The van der Waals surface area contributed by atoms with Gasteiger partial charge in [0.1, 0.15) is 17.7 Å². The number of nitrogens with one attached hydrogen (secondary N) is 1. The molecule has 240 valence electrons. The molecule has 8 nitrogen and oxygen atoms in total. The standard InChI is InChI=1S/C36H47FN6O2/c1-5-7-33(45-34(44)39-4)21-36(26-42-19-16-40-27(42)2,30-8-6-9-31(37)20-30)29-14-17-41(18-15-29)23-35(3)24-43(25-35)32-12-10-28(22-38)11-13-32/h6,8-13,16,19-20,29,33H,5,7,14-15,17-18,21,23-26H2,1-4H3,(H,39,44). The maximum Gasteiger partial charge on any atom is 0.407 e. The first-order chi connectivity index (χ1) is 21.7. The van der Waals surface area contributed by atoms with Gasteiger partial charge in [-0.25, -0.2) is 14.2 Å². The minimum absolute atomic E-state index is 0.196.